The first-order chi connectivity index (χ1) is 13.0. The number of aromatic nitrogens is 2. The topological polar surface area (TPSA) is 92.4 Å². The number of nitrogens with zero attached hydrogens (tertiary/aromatic N) is 4. The third kappa shape index (κ3) is 3.49. The first-order valence-electron chi connectivity index (χ1n) is 9.27. The van der Waals surface area contributed by atoms with Crippen molar-refractivity contribution in [3.8, 4) is 0 Å². The van der Waals surface area contributed by atoms with Crippen LogP contribution in [0.15, 0.2) is 36.4 Å². The normalized spacial score (nSPS) is 21.8. The highest BCUT2D eigenvalue weighted by atomic mass is 16.2. The van der Waals surface area contributed by atoms with E-state index in [9.17, 15) is 9.59 Å². The van der Waals surface area contributed by atoms with Crippen molar-refractivity contribution < 1.29 is 9.59 Å². The van der Waals surface area contributed by atoms with Gasteiger partial charge in [0.1, 0.15) is 5.69 Å². The van der Waals surface area contributed by atoms with Crippen molar-refractivity contribution in [2.24, 2.45) is 5.92 Å². The van der Waals surface area contributed by atoms with Crippen LogP contribution in [0.3, 0.4) is 0 Å². The van der Waals surface area contributed by atoms with E-state index < -0.39 is 0 Å². The molecule has 7 heteroatoms. The summed E-state index contributed by atoms with van der Waals surface area (Å²) in [6.07, 6.45) is 1.92. The molecule has 0 saturated carbocycles. The summed E-state index contributed by atoms with van der Waals surface area (Å²) in [7, 11) is 0. The third-order valence-electron chi connectivity index (χ3n) is 5.37. The number of hydrogen-bond acceptors (Lipinski definition) is 5. The van der Waals surface area contributed by atoms with Gasteiger partial charge < -0.3 is 15.5 Å². The van der Waals surface area contributed by atoms with E-state index in [2.05, 4.69) is 9.97 Å². The number of carbonyl (C=O) groups excluding carboxylic acids is 2. The van der Waals surface area contributed by atoms with Crippen LogP contribution in [-0.4, -0.2) is 57.3 Å². The number of fused-ring (bicyclic) bond motifs is 4. The lowest BCUT2D eigenvalue weighted by molar-refractivity contribution is 0.0568. The Hall–Kier alpha value is -2.96. The Balaban J connectivity index is 1.56. The molecule has 2 atom stereocenters. The second kappa shape index (κ2) is 6.98. The molecule has 4 heterocycles. The maximum absolute atomic E-state index is 13.1. The summed E-state index contributed by atoms with van der Waals surface area (Å²) in [6.45, 7) is 3.67. The van der Waals surface area contributed by atoms with E-state index in [1.165, 1.54) is 0 Å². The van der Waals surface area contributed by atoms with Gasteiger partial charge in [-0.05, 0) is 43.9 Å². The highest BCUT2D eigenvalue weighted by Crippen LogP contribution is 2.30. The van der Waals surface area contributed by atoms with Gasteiger partial charge in [-0.1, -0.05) is 18.2 Å². The molecule has 0 spiro atoms. The lowest BCUT2D eigenvalue weighted by atomic mass is 9.94. The second-order valence-electron chi connectivity index (χ2n) is 7.38. The standard InChI is InChI=1S/C20H23N5O2/c1-13-9-17(23-20(21)22-13)19(27)25-11-14-7-8-16(25)12-24(10-14)18(26)15-5-3-2-4-6-15/h2-6,9,14,16H,7-8,10-12H2,1H3,(H2,21,22,23)/t14-,16+/m0/s1. The molecule has 5 rings (SSSR count). The van der Waals surface area contributed by atoms with Crippen LogP contribution in [0.25, 0.3) is 0 Å². The Morgan fingerprint density at radius 3 is 2.56 bits per heavy atom. The highest BCUT2D eigenvalue weighted by Gasteiger charge is 2.39. The van der Waals surface area contributed by atoms with Gasteiger partial charge in [0.2, 0.25) is 5.95 Å². The molecule has 3 aliphatic heterocycles. The summed E-state index contributed by atoms with van der Waals surface area (Å²) in [5.74, 6) is 0.291. The van der Waals surface area contributed by atoms with E-state index in [4.69, 9.17) is 5.73 Å². The van der Waals surface area contributed by atoms with E-state index in [1.54, 1.807) is 13.0 Å². The maximum atomic E-state index is 13.1. The van der Waals surface area contributed by atoms with Crippen LogP contribution in [-0.2, 0) is 0 Å². The first kappa shape index (κ1) is 17.5. The predicted molar refractivity (Wildman–Crippen MR) is 101 cm³/mol. The van der Waals surface area contributed by atoms with Gasteiger partial charge in [-0.15, -0.1) is 0 Å². The predicted octanol–water partition coefficient (Wildman–Crippen LogP) is 1.74. The zero-order valence-electron chi connectivity index (χ0n) is 15.3. The van der Waals surface area contributed by atoms with Crippen molar-refractivity contribution in [1.29, 1.82) is 0 Å². The molecule has 0 aliphatic carbocycles. The SMILES string of the molecule is Cc1cc(C(=O)N2C[C@H]3CC[C@@H]2CN(C(=O)c2ccccc2)C3)nc(N)n1. The minimum atomic E-state index is -0.129. The lowest BCUT2D eigenvalue weighted by Gasteiger charge is -2.35. The van der Waals surface area contributed by atoms with Crippen molar-refractivity contribution in [2.75, 3.05) is 25.4 Å². The van der Waals surface area contributed by atoms with Gasteiger partial charge in [-0.25, -0.2) is 9.97 Å². The van der Waals surface area contributed by atoms with Crippen LogP contribution < -0.4 is 5.73 Å². The highest BCUT2D eigenvalue weighted by molar-refractivity contribution is 5.95. The Morgan fingerprint density at radius 2 is 1.81 bits per heavy atom. The number of nitrogens with two attached hydrogens (primary N) is 1. The molecular weight excluding hydrogens is 342 g/mol. The molecule has 2 amide bonds. The number of piperidine rings is 1. The number of nitrogen functional groups attached to an aromatic ring is 1. The molecule has 0 radical (unpaired) electrons. The average Bonchev–Trinajstić information content (AvgIpc) is 2.99. The minimum Gasteiger partial charge on any atom is -0.368 e. The molecular formula is C20H23N5O2. The Labute approximate surface area is 158 Å². The quantitative estimate of drug-likeness (QED) is 0.875. The van der Waals surface area contributed by atoms with Crippen molar-refractivity contribution in [2.45, 2.75) is 25.8 Å². The fourth-order valence-electron chi connectivity index (χ4n) is 4.11. The number of anilines is 1. The van der Waals surface area contributed by atoms with E-state index in [0.29, 0.717) is 36.6 Å². The average molecular weight is 365 g/mol. The second-order valence-corrected chi connectivity index (χ2v) is 7.38. The number of carbonyl (C=O) groups is 2. The van der Waals surface area contributed by atoms with E-state index in [-0.39, 0.29) is 29.7 Å². The van der Waals surface area contributed by atoms with E-state index in [0.717, 1.165) is 12.8 Å². The monoisotopic (exact) mass is 365 g/mol. The fourth-order valence-corrected chi connectivity index (χ4v) is 4.11. The summed E-state index contributed by atoms with van der Waals surface area (Å²) in [5.41, 5.74) is 7.40. The Kier molecular flexibility index (Phi) is 4.51. The molecule has 3 aliphatic rings. The number of rotatable bonds is 2. The largest absolute Gasteiger partial charge is 0.368 e. The number of aryl methyl sites for hydroxylation is 1. The number of benzene rings is 1. The third-order valence-corrected chi connectivity index (χ3v) is 5.37. The van der Waals surface area contributed by atoms with Gasteiger partial charge in [0.25, 0.3) is 11.8 Å². The van der Waals surface area contributed by atoms with Crippen LogP contribution >= 0.6 is 0 Å². The molecule has 3 saturated heterocycles. The van der Waals surface area contributed by atoms with Crippen LogP contribution in [0.2, 0.25) is 0 Å². The van der Waals surface area contributed by atoms with Gasteiger partial charge in [-0.2, -0.15) is 0 Å². The molecule has 2 N–H and O–H groups in total. The van der Waals surface area contributed by atoms with Crippen molar-refractivity contribution in [1.82, 2.24) is 19.8 Å². The lowest BCUT2D eigenvalue weighted by Crippen LogP contribution is -2.48. The van der Waals surface area contributed by atoms with Gasteiger partial charge >= 0.3 is 0 Å². The summed E-state index contributed by atoms with van der Waals surface area (Å²) in [5, 5.41) is 0. The summed E-state index contributed by atoms with van der Waals surface area (Å²) < 4.78 is 0. The summed E-state index contributed by atoms with van der Waals surface area (Å²) in [6, 6.07) is 11.0. The molecule has 1 aromatic carbocycles. The number of hydrogen-bond donors (Lipinski definition) is 1. The maximum Gasteiger partial charge on any atom is 0.272 e. The van der Waals surface area contributed by atoms with Gasteiger partial charge in [0.05, 0.1) is 0 Å². The molecule has 27 heavy (non-hydrogen) atoms. The zero-order chi connectivity index (χ0) is 19.0. The van der Waals surface area contributed by atoms with Crippen molar-refractivity contribution in [3.05, 3.63) is 53.3 Å². The molecule has 0 unspecified atom stereocenters. The van der Waals surface area contributed by atoms with Gasteiger partial charge in [0.15, 0.2) is 0 Å². The molecule has 2 aromatic rings. The van der Waals surface area contributed by atoms with Crippen LogP contribution in [0.5, 0.6) is 0 Å². The van der Waals surface area contributed by atoms with Crippen molar-refractivity contribution in [3.63, 3.8) is 0 Å². The zero-order valence-corrected chi connectivity index (χ0v) is 15.3. The van der Waals surface area contributed by atoms with Crippen LogP contribution in [0, 0.1) is 12.8 Å². The van der Waals surface area contributed by atoms with Crippen molar-refractivity contribution >= 4 is 17.8 Å². The van der Waals surface area contributed by atoms with Gasteiger partial charge in [-0.3, -0.25) is 9.59 Å². The summed E-state index contributed by atoms with van der Waals surface area (Å²) in [4.78, 5) is 37.9. The Morgan fingerprint density at radius 1 is 1.04 bits per heavy atom. The first-order valence-corrected chi connectivity index (χ1v) is 9.27. The molecule has 3 fully saturated rings. The Bertz CT molecular complexity index is 850. The molecule has 2 bridgehead atoms. The van der Waals surface area contributed by atoms with Crippen LogP contribution in [0.4, 0.5) is 5.95 Å². The fraction of sp³-hybridized carbons (Fsp3) is 0.400. The van der Waals surface area contributed by atoms with Crippen LogP contribution in [0.1, 0.15) is 39.4 Å². The molecule has 1 aromatic heterocycles. The van der Waals surface area contributed by atoms with Gasteiger partial charge in [0, 0.05) is 36.9 Å². The van der Waals surface area contributed by atoms with E-state index >= 15 is 0 Å². The minimum absolute atomic E-state index is 0.000378. The molecule has 140 valence electrons. The molecule has 7 nitrogen and oxygen atoms in total. The number of amides is 2. The van der Waals surface area contributed by atoms with E-state index in [1.807, 2.05) is 40.1 Å². The smallest absolute Gasteiger partial charge is 0.272 e. The summed E-state index contributed by atoms with van der Waals surface area (Å²) >= 11 is 0.